The Morgan fingerprint density at radius 3 is 1.50 bits per heavy atom. The molecule has 0 aromatic rings. The van der Waals surface area contributed by atoms with E-state index >= 15 is 0 Å². The monoisotopic (exact) mass is 231 g/mol. The van der Waals surface area contributed by atoms with Gasteiger partial charge in [0.1, 0.15) is 0 Å². The van der Waals surface area contributed by atoms with Gasteiger partial charge >= 0.3 is 17.9 Å². The molecule has 0 amide bonds. The summed E-state index contributed by atoms with van der Waals surface area (Å²) in [7, 11) is 0. The molecule has 0 aliphatic rings. The van der Waals surface area contributed by atoms with Gasteiger partial charge in [0.2, 0.25) is 0 Å². The van der Waals surface area contributed by atoms with E-state index in [2.05, 4.69) is 0 Å². The van der Waals surface area contributed by atoms with Crippen LogP contribution in [0.25, 0.3) is 0 Å². The molecule has 0 N–H and O–H groups in total. The van der Waals surface area contributed by atoms with Crippen molar-refractivity contribution < 1.29 is 35.9 Å². The Morgan fingerprint density at radius 2 is 1.29 bits per heavy atom. The third-order valence-electron chi connectivity index (χ3n) is 0.964. The predicted octanol–water partition coefficient (Wildman–Crippen LogP) is 0.911. The van der Waals surface area contributed by atoms with Crippen molar-refractivity contribution >= 4 is 41.1 Å². The second-order valence-electron chi connectivity index (χ2n) is 1.99. The van der Waals surface area contributed by atoms with E-state index in [1.54, 1.807) is 0 Å². The summed E-state index contributed by atoms with van der Waals surface area (Å²) in [5, 5.41) is 0. The van der Waals surface area contributed by atoms with Crippen LogP contribution >= 0.6 is 0 Å². The van der Waals surface area contributed by atoms with Crippen LogP contribution in [0.3, 0.4) is 0 Å². The molecule has 0 saturated heterocycles. The van der Waals surface area contributed by atoms with Crippen molar-refractivity contribution in [2.75, 3.05) is 6.67 Å². The SMILES string of the molecule is O=C(C(=O)C(F)(F)CF)C(F)(F)F.[Na]. The van der Waals surface area contributed by atoms with E-state index in [1.165, 1.54) is 0 Å². The maximum absolute atomic E-state index is 11.9. The zero-order chi connectivity index (χ0) is 10.9. The normalized spacial score (nSPS) is 11.9. The van der Waals surface area contributed by atoms with Crippen molar-refractivity contribution in [2.45, 2.75) is 12.1 Å². The molecule has 0 aliphatic heterocycles. The van der Waals surface area contributed by atoms with Gasteiger partial charge in [0.15, 0.2) is 6.67 Å². The summed E-state index contributed by atoms with van der Waals surface area (Å²) in [5.41, 5.74) is 0. The molecule has 77 valence electrons. The molecular formula is C5H2F6NaO2. The van der Waals surface area contributed by atoms with Crippen LogP contribution in [0.4, 0.5) is 26.3 Å². The van der Waals surface area contributed by atoms with Crippen molar-refractivity contribution in [3.8, 4) is 0 Å². The number of hydrogen-bond donors (Lipinski definition) is 0. The smallest absolute Gasteiger partial charge is 0.284 e. The standard InChI is InChI=1S/C5H2F6O2.Na/c6-1-4(7,8)2(12)3(13)5(9,10)11;/h1H2;. The summed E-state index contributed by atoms with van der Waals surface area (Å²) in [5.74, 6) is -11.2. The van der Waals surface area contributed by atoms with E-state index in [4.69, 9.17) is 0 Å². The van der Waals surface area contributed by atoms with Gasteiger partial charge in [-0.3, -0.25) is 9.59 Å². The molecule has 0 fully saturated rings. The molecule has 0 spiro atoms. The van der Waals surface area contributed by atoms with Crippen molar-refractivity contribution in [3.05, 3.63) is 0 Å². The van der Waals surface area contributed by atoms with E-state index in [1.807, 2.05) is 0 Å². The molecule has 14 heavy (non-hydrogen) atoms. The van der Waals surface area contributed by atoms with Crippen LogP contribution in [0.1, 0.15) is 0 Å². The molecule has 0 bridgehead atoms. The first-order valence-corrected chi connectivity index (χ1v) is 2.72. The number of carbonyl (C=O) groups excluding carboxylic acids is 2. The topological polar surface area (TPSA) is 34.1 Å². The Labute approximate surface area is 95.9 Å². The second kappa shape index (κ2) is 5.13. The fourth-order valence-electron chi connectivity index (χ4n) is 0.356. The summed E-state index contributed by atoms with van der Waals surface area (Å²) < 4.78 is 69.1. The average Bonchev–Trinajstić information content (AvgIpc) is 2.00. The third kappa shape index (κ3) is 3.97. The summed E-state index contributed by atoms with van der Waals surface area (Å²) in [4.78, 5) is 19.8. The molecule has 9 heteroatoms. The summed E-state index contributed by atoms with van der Waals surface area (Å²) in [6, 6.07) is 0. The van der Waals surface area contributed by atoms with E-state index < -0.39 is 30.3 Å². The fourth-order valence-corrected chi connectivity index (χ4v) is 0.356. The van der Waals surface area contributed by atoms with Crippen molar-refractivity contribution in [1.29, 1.82) is 0 Å². The Bertz CT molecular complexity index is 235. The number of halogens is 6. The number of carbonyl (C=O) groups is 2. The quantitative estimate of drug-likeness (QED) is 0.411. The minimum absolute atomic E-state index is 0. The van der Waals surface area contributed by atoms with Crippen molar-refractivity contribution in [3.63, 3.8) is 0 Å². The zero-order valence-corrected chi connectivity index (χ0v) is 8.79. The Kier molecular flexibility index (Phi) is 5.99. The Hall–Kier alpha value is -0.0800. The first-order chi connectivity index (χ1) is 5.63. The van der Waals surface area contributed by atoms with Gasteiger partial charge in [-0.05, 0) is 0 Å². The van der Waals surface area contributed by atoms with Gasteiger partial charge in [0, 0.05) is 29.6 Å². The van der Waals surface area contributed by atoms with E-state index in [0.29, 0.717) is 0 Å². The maximum atomic E-state index is 11.9. The average molecular weight is 231 g/mol. The molecule has 0 aromatic carbocycles. The molecule has 0 saturated carbocycles. The Morgan fingerprint density at radius 1 is 0.929 bits per heavy atom. The van der Waals surface area contributed by atoms with Gasteiger partial charge in [-0.1, -0.05) is 0 Å². The number of Topliss-reactive ketones (excluding diaryl/α,β-unsaturated/α-hetero) is 2. The molecule has 0 unspecified atom stereocenters. The number of alkyl halides is 6. The van der Waals surface area contributed by atoms with Crippen LogP contribution in [-0.2, 0) is 9.59 Å². The van der Waals surface area contributed by atoms with Crippen molar-refractivity contribution in [1.82, 2.24) is 0 Å². The molecule has 0 heterocycles. The van der Waals surface area contributed by atoms with Crippen molar-refractivity contribution in [2.24, 2.45) is 0 Å². The molecule has 0 aromatic heterocycles. The van der Waals surface area contributed by atoms with E-state index in [9.17, 15) is 35.9 Å². The van der Waals surface area contributed by atoms with E-state index in [0.717, 1.165) is 0 Å². The first-order valence-electron chi connectivity index (χ1n) is 2.72. The minimum Gasteiger partial charge on any atom is -0.284 e. The number of ketones is 2. The number of rotatable bonds is 3. The van der Waals surface area contributed by atoms with Gasteiger partial charge in [0.05, 0.1) is 0 Å². The fraction of sp³-hybridized carbons (Fsp3) is 0.600. The summed E-state index contributed by atoms with van der Waals surface area (Å²) in [6.45, 7) is -2.63. The van der Waals surface area contributed by atoms with E-state index in [-0.39, 0.29) is 29.6 Å². The van der Waals surface area contributed by atoms with Crippen LogP contribution in [-0.4, -0.2) is 59.9 Å². The van der Waals surface area contributed by atoms with Crippen LogP contribution in [0.15, 0.2) is 0 Å². The summed E-state index contributed by atoms with van der Waals surface area (Å²) in [6.07, 6.45) is -5.70. The maximum Gasteiger partial charge on any atom is 0.458 e. The molecular weight excluding hydrogens is 229 g/mol. The van der Waals surface area contributed by atoms with Gasteiger partial charge in [-0.25, -0.2) is 4.39 Å². The Balaban J connectivity index is 0. The first kappa shape index (κ1) is 16.4. The zero-order valence-electron chi connectivity index (χ0n) is 6.79. The molecule has 0 rings (SSSR count). The van der Waals surface area contributed by atoms with Gasteiger partial charge in [-0.2, -0.15) is 22.0 Å². The van der Waals surface area contributed by atoms with Gasteiger partial charge in [0.25, 0.3) is 5.78 Å². The molecule has 2 nitrogen and oxygen atoms in total. The minimum atomic E-state index is -5.70. The van der Waals surface area contributed by atoms with Crippen LogP contribution in [0.5, 0.6) is 0 Å². The van der Waals surface area contributed by atoms with Crippen LogP contribution < -0.4 is 0 Å². The summed E-state index contributed by atoms with van der Waals surface area (Å²) >= 11 is 0. The van der Waals surface area contributed by atoms with Crippen LogP contribution in [0.2, 0.25) is 0 Å². The van der Waals surface area contributed by atoms with Gasteiger partial charge in [-0.15, -0.1) is 0 Å². The predicted molar refractivity (Wildman–Crippen MR) is 32.7 cm³/mol. The van der Waals surface area contributed by atoms with Gasteiger partial charge < -0.3 is 0 Å². The number of hydrogen-bond acceptors (Lipinski definition) is 2. The molecule has 0 aliphatic carbocycles. The third-order valence-corrected chi connectivity index (χ3v) is 0.964. The second-order valence-corrected chi connectivity index (χ2v) is 1.99. The largest absolute Gasteiger partial charge is 0.458 e. The van der Waals surface area contributed by atoms with Crippen LogP contribution in [0, 0.1) is 0 Å². The molecule has 0 atom stereocenters. The molecule has 1 radical (unpaired) electrons.